The minimum atomic E-state index is -0.353. The van der Waals surface area contributed by atoms with Crippen molar-refractivity contribution in [3.8, 4) is 0 Å². The van der Waals surface area contributed by atoms with Crippen molar-refractivity contribution in [2.24, 2.45) is 0 Å². The first-order valence-corrected chi connectivity index (χ1v) is 11.2. The van der Waals surface area contributed by atoms with Crippen LogP contribution in [0.25, 0.3) is 5.57 Å². The predicted molar refractivity (Wildman–Crippen MR) is 125 cm³/mol. The summed E-state index contributed by atoms with van der Waals surface area (Å²) in [7, 11) is 0. The highest BCUT2D eigenvalue weighted by atomic mass is 35.5. The number of nitrogens with zero attached hydrogens (tertiary/aromatic N) is 3. The molecule has 0 spiro atoms. The molecule has 0 unspecified atom stereocenters. The molecule has 2 aliphatic heterocycles. The lowest BCUT2D eigenvalue weighted by atomic mass is 10.0. The van der Waals surface area contributed by atoms with Gasteiger partial charge in [0.25, 0.3) is 11.8 Å². The number of aryl methyl sites for hydroxylation is 2. The normalized spacial score (nSPS) is 17.8. The second-order valence-corrected chi connectivity index (χ2v) is 8.85. The van der Waals surface area contributed by atoms with Gasteiger partial charge in [0.15, 0.2) is 0 Å². The standard InChI is InChI=1S/C24H25Cl2N3O2/c1-4-27-9-11-28(12-10-27)22-21(18-7-6-17(25)14-19(18)26)23(30)29(24(22)31)20-8-5-15(2)13-16(20)3/h5-8,13-14H,4,9-12H2,1-3H3. The van der Waals surface area contributed by atoms with Gasteiger partial charge in [0.05, 0.1) is 16.3 Å². The fourth-order valence-corrected chi connectivity index (χ4v) is 4.81. The quantitative estimate of drug-likeness (QED) is 0.632. The number of halogens is 2. The van der Waals surface area contributed by atoms with Crippen LogP contribution < -0.4 is 4.90 Å². The van der Waals surface area contributed by atoms with Crippen molar-refractivity contribution in [2.75, 3.05) is 37.6 Å². The van der Waals surface area contributed by atoms with Crippen LogP contribution in [0.5, 0.6) is 0 Å². The van der Waals surface area contributed by atoms with Crippen LogP contribution in [-0.2, 0) is 9.59 Å². The fourth-order valence-electron chi connectivity index (χ4n) is 4.31. The number of anilines is 1. The molecular weight excluding hydrogens is 433 g/mol. The van der Waals surface area contributed by atoms with E-state index in [2.05, 4.69) is 11.8 Å². The summed E-state index contributed by atoms with van der Waals surface area (Å²) in [5, 5.41) is 0.839. The van der Waals surface area contributed by atoms with Crippen molar-refractivity contribution in [3.63, 3.8) is 0 Å². The molecule has 0 aliphatic carbocycles. The van der Waals surface area contributed by atoms with E-state index in [1.165, 1.54) is 4.90 Å². The predicted octanol–water partition coefficient (Wildman–Crippen LogP) is 4.53. The second kappa shape index (κ2) is 8.65. The Morgan fingerprint density at radius 3 is 2.23 bits per heavy atom. The molecule has 0 N–H and O–H groups in total. The second-order valence-electron chi connectivity index (χ2n) is 8.00. The summed E-state index contributed by atoms with van der Waals surface area (Å²) < 4.78 is 0. The number of hydrogen-bond acceptors (Lipinski definition) is 4. The maximum Gasteiger partial charge on any atom is 0.282 e. The van der Waals surface area contributed by atoms with E-state index in [-0.39, 0.29) is 11.8 Å². The van der Waals surface area contributed by atoms with Gasteiger partial charge < -0.3 is 9.80 Å². The molecule has 5 nitrogen and oxygen atoms in total. The van der Waals surface area contributed by atoms with Gasteiger partial charge in [-0.1, -0.05) is 53.9 Å². The van der Waals surface area contributed by atoms with Gasteiger partial charge in [0.2, 0.25) is 0 Å². The van der Waals surface area contributed by atoms with Gasteiger partial charge in [0.1, 0.15) is 5.70 Å². The smallest absolute Gasteiger partial charge is 0.282 e. The van der Waals surface area contributed by atoms with Crippen molar-refractivity contribution in [1.29, 1.82) is 0 Å². The zero-order valence-corrected chi connectivity index (χ0v) is 19.4. The Balaban J connectivity index is 1.83. The van der Waals surface area contributed by atoms with Gasteiger partial charge in [-0.05, 0) is 44.2 Å². The number of piperazine rings is 1. The minimum Gasteiger partial charge on any atom is -0.364 e. The van der Waals surface area contributed by atoms with Crippen LogP contribution in [0.15, 0.2) is 42.1 Å². The molecule has 2 amide bonds. The molecule has 2 aromatic carbocycles. The maximum absolute atomic E-state index is 13.7. The van der Waals surface area contributed by atoms with E-state index in [0.717, 1.165) is 30.8 Å². The average molecular weight is 458 g/mol. The molecule has 4 rings (SSSR count). The van der Waals surface area contributed by atoms with Crippen LogP contribution in [0, 0.1) is 13.8 Å². The van der Waals surface area contributed by atoms with Crippen molar-refractivity contribution in [2.45, 2.75) is 20.8 Å². The van der Waals surface area contributed by atoms with E-state index in [1.54, 1.807) is 18.2 Å². The average Bonchev–Trinajstić information content (AvgIpc) is 2.99. The van der Waals surface area contributed by atoms with Gasteiger partial charge in [-0.25, -0.2) is 4.90 Å². The topological polar surface area (TPSA) is 43.9 Å². The van der Waals surface area contributed by atoms with Crippen LogP contribution in [-0.4, -0.2) is 54.3 Å². The fraction of sp³-hybridized carbons (Fsp3) is 0.333. The molecule has 0 radical (unpaired) electrons. The third-order valence-electron chi connectivity index (χ3n) is 5.99. The summed E-state index contributed by atoms with van der Waals surface area (Å²) in [6.07, 6.45) is 0. The Morgan fingerprint density at radius 1 is 0.903 bits per heavy atom. The number of rotatable bonds is 4. The lowest BCUT2D eigenvalue weighted by Gasteiger charge is -2.36. The summed E-state index contributed by atoms with van der Waals surface area (Å²) in [4.78, 5) is 33.0. The number of hydrogen-bond donors (Lipinski definition) is 0. The van der Waals surface area contributed by atoms with Crippen molar-refractivity contribution in [1.82, 2.24) is 9.80 Å². The van der Waals surface area contributed by atoms with Crippen LogP contribution in [0.3, 0.4) is 0 Å². The highest BCUT2D eigenvalue weighted by molar-refractivity contribution is 6.47. The number of benzene rings is 2. The SMILES string of the molecule is CCN1CCN(C2=C(c3ccc(Cl)cc3Cl)C(=O)N(c3ccc(C)cc3C)C2=O)CC1. The number of carbonyl (C=O) groups is 2. The third-order valence-corrected chi connectivity index (χ3v) is 6.54. The van der Waals surface area contributed by atoms with E-state index >= 15 is 0 Å². The van der Waals surface area contributed by atoms with Crippen molar-refractivity contribution >= 4 is 46.3 Å². The molecule has 7 heteroatoms. The molecule has 2 heterocycles. The number of likely N-dealkylation sites (N-methyl/N-ethyl adjacent to an activating group) is 1. The monoisotopic (exact) mass is 457 g/mol. The maximum atomic E-state index is 13.7. The first-order valence-electron chi connectivity index (χ1n) is 10.4. The lowest BCUT2D eigenvalue weighted by molar-refractivity contribution is -0.120. The number of imide groups is 1. The Hall–Kier alpha value is -2.34. The largest absolute Gasteiger partial charge is 0.364 e. The molecule has 0 atom stereocenters. The Bertz CT molecular complexity index is 1090. The highest BCUT2D eigenvalue weighted by Crippen LogP contribution is 2.39. The molecule has 31 heavy (non-hydrogen) atoms. The summed E-state index contributed by atoms with van der Waals surface area (Å²) >= 11 is 12.6. The Kier molecular flexibility index (Phi) is 6.11. The van der Waals surface area contributed by atoms with Gasteiger partial charge in [-0.15, -0.1) is 0 Å². The third kappa shape index (κ3) is 3.98. The van der Waals surface area contributed by atoms with Crippen LogP contribution in [0.1, 0.15) is 23.6 Å². The van der Waals surface area contributed by atoms with E-state index in [4.69, 9.17) is 23.2 Å². The van der Waals surface area contributed by atoms with Crippen molar-refractivity contribution < 1.29 is 9.59 Å². The summed E-state index contributed by atoms with van der Waals surface area (Å²) in [6.45, 7) is 10.0. The van der Waals surface area contributed by atoms with Gasteiger partial charge in [0, 0.05) is 36.8 Å². The number of amides is 2. The molecule has 1 saturated heterocycles. The van der Waals surface area contributed by atoms with Crippen LogP contribution in [0.4, 0.5) is 5.69 Å². The first kappa shape index (κ1) is 21.9. The summed E-state index contributed by atoms with van der Waals surface area (Å²) in [5.74, 6) is -0.656. The van der Waals surface area contributed by atoms with Crippen LogP contribution >= 0.6 is 23.2 Å². The van der Waals surface area contributed by atoms with E-state index in [9.17, 15) is 9.59 Å². The van der Waals surface area contributed by atoms with Crippen LogP contribution in [0.2, 0.25) is 10.0 Å². The number of carbonyl (C=O) groups excluding carboxylic acids is 2. The van der Waals surface area contributed by atoms with Gasteiger partial charge in [-0.2, -0.15) is 0 Å². The van der Waals surface area contributed by atoms with E-state index in [0.29, 0.717) is 45.7 Å². The molecular formula is C24H25Cl2N3O2. The van der Waals surface area contributed by atoms with Crippen molar-refractivity contribution in [3.05, 3.63) is 68.8 Å². The summed E-state index contributed by atoms with van der Waals surface area (Å²) in [6, 6.07) is 10.7. The Labute approximate surface area is 192 Å². The lowest BCUT2D eigenvalue weighted by Crippen LogP contribution is -2.47. The molecule has 2 aromatic rings. The van der Waals surface area contributed by atoms with E-state index in [1.807, 2.05) is 36.9 Å². The molecule has 2 aliphatic rings. The minimum absolute atomic E-state index is 0.303. The molecule has 0 saturated carbocycles. The zero-order valence-electron chi connectivity index (χ0n) is 17.9. The molecule has 0 aromatic heterocycles. The Morgan fingerprint density at radius 2 is 1.61 bits per heavy atom. The van der Waals surface area contributed by atoms with Gasteiger partial charge >= 0.3 is 0 Å². The van der Waals surface area contributed by atoms with E-state index < -0.39 is 0 Å². The molecule has 162 valence electrons. The highest BCUT2D eigenvalue weighted by Gasteiger charge is 2.44. The molecule has 0 bridgehead atoms. The zero-order chi connectivity index (χ0) is 22.3. The van der Waals surface area contributed by atoms with Gasteiger partial charge in [-0.3, -0.25) is 9.59 Å². The summed E-state index contributed by atoms with van der Waals surface area (Å²) in [5.41, 5.74) is 3.85. The first-order chi connectivity index (χ1) is 14.8. The molecule has 1 fully saturated rings.